The van der Waals surface area contributed by atoms with Crippen LogP contribution in [0.5, 0.6) is 11.5 Å². The number of hydrogen-bond acceptors (Lipinski definition) is 6. The van der Waals surface area contributed by atoms with Gasteiger partial charge in [-0.2, -0.15) is 0 Å². The smallest absolute Gasteiger partial charge is 0.221 e. The van der Waals surface area contributed by atoms with Crippen molar-refractivity contribution >= 4 is 17.2 Å². The van der Waals surface area contributed by atoms with Gasteiger partial charge < -0.3 is 14.8 Å². The van der Waals surface area contributed by atoms with Gasteiger partial charge in [0.25, 0.3) is 0 Å². The molecular formula is C26H31N3O3S. The molecule has 0 saturated heterocycles. The molecule has 4 rings (SSSR count). The number of carbonyl (C=O) groups is 1. The number of ether oxygens (including phenoxy) is 2. The van der Waals surface area contributed by atoms with Gasteiger partial charge in [0, 0.05) is 43.4 Å². The molecule has 0 aliphatic carbocycles. The average molecular weight is 466 g/mol. The van der Waals surface area contributed by atoms with Crippen LogP contribution in [0.2, 0.25) is 0 Å². The largest absolute Gasteiger partial charge is 0.497 e. The molecule has 0 unspecified atom stereocenters. The first-order valence-corrected chi connectivity index (χ1v) is 12.3. The summed E-state index contributed by atoms with van der Waals surface area (Å²) in [7, 11) is 1.67. The molecule has 1 atom stereocenters. The summed E-state index contributed by atoms with van der Waals surface area (Å²) in [5.41, 5.74) is 3.25. The lowest BCUT2D eigenvalue weighted by molar-refractivity contribution is -0.121. The predicted molar refractivity (Wildman–Crippen MR) is 131 cm³/mol. The zero-order valence-corrected chi connectivity index (χ0v) is 20.1. The van der Waals surface area contributed by atoms with Crippen LogP contribution in [0.3, 0.4) is 0 Å². The third-order valence-electron chi connectivity index (χ3n) is 5.79. The molecule has 1 N–H and O–H groups in total. The number of nitrogens with one attached hydrogen (secondary N) is 1. The lowest BCUT2D eigenvalue weighted by Crippen LogP contribution is -2.35. The van der Waals surface area contributed by atoms with E-state index < -0.39 is 0 Å². The van der Waals surface area contributed by atoms with Crippen molar-refractivity contribution in [3.63, 3.8) is 0 Å². The molecule has 174 valence electrons. The standard InChI is InChI=1S/C26H31N3O3S/c1-3-22-17-29(16-20-14-23(31-2)9-10-24(20)32-22)12-11-25(30)27-15-21-18-33-26(28-21)13-19-7-5-4-6-8-19/h4-10,14,18,22H,3,11-13,15-17H2,1-2H3,(H,27,30)/t22-/m1/s1. The number of nitrogens with zero attached hydrogens (tertiary/aromatic N) is 2. The Bertz CT molecular complexity index is 1050. The third kappa shape index (κ3) is 6.55. The minimum Gasteiger partial charge on any atom is -0.497 e. The zero-order valence-electron chi connectivity index (χ0n) is 19.3. The van der Waals surface area contributed by atoms with Crippen molar-refractivity contribution < 1.29 is 14.3 Å². The van der Waals surface area contributed by atoms with E-state index in [4.69, 9.17) is 9.47 Å². The SMILES string of the molecule is CC[C@@H]1CN(CCC(=O)NCc2csc(Cc3ccccc3)n2)Cc2cc(OC)ccc2O1. The molecule has 0 radical (unpaired) electrons. The summed E-state index contributed by atoms with van der Waals surface area (Å²) in [6.07, 6.45) is 2.29. The van der Waals surface area contributed by atoms with E-state index >= 15 is 0 Å². The van der Waals surface area contributed by atoms with Crippen LogP contribution in [0.4, 0.5) is 0 Å². The number of aromatic nitrogens is 1. The van der Waals surface area contributed by atoms with Gasteiger partial charge in [-0.25, -0.2) is 4.98 Å². The van der Waals surface area contributed by atoms with Crippen LogP contribution in [0.15, 0.2) is 53.9 Å². The third-order valence-corrected chi connectivity index (χ3v) is 6.69. The van der Waals surface area contributed by atoms with Gasteiger partial charge in [-0.1, -0.05) is 37.3 Å². The van der Waals surface area contributed by atoms with Gasteiger partial charge in [0.1, 0.15) is 17.6 Å². The van der Waals surface area contributed by atoms with Crippen LogP contribution in [0.1, 0.15) is 41.6 Å². The molecule has 0 saturated carbocycles. The molecule has 1 aliphatic rings. The predicted octanol–water partition coefficient (Wildman–Crippen LogP) is 4.42. The fourth-order valence-corrected chi connectivity index (χ4v) is 4.76. The molecule has 2 aromatic carbocycles. The molecule has 0 fully saturated rings. The summed E-state index contributed by atoms with van der Waals surface area (Å²) in [5.74, 6) is 1.76. The van der Waals surface area contributed by atoms with E-state index in [1.165, 1.54) is 5.56 Å². The maximum absolute atomic E-state index is 12.5. The van der Waals surface area contributed by atoms with Crippen molar-refractivity contribution in [2.45, 2.75) is 45.4 Å². The number of fused-ring (bicyclic) bond motifs is 1. The van der Waals surface area contributed by atoms with E-state index in [0.717, 1.165) is 53.7 Å². The Hall–Kier alpha value is -2.90. The second-order valence-corrected chi connectivity index (χ2v) is 9.22. The van der Waals surface area contributed by atoms with Crippen LogP contribution >= 0.6 is 11.3 Å². The van der Waals surface area contributed by atoms with Gasteiger partial charge >= 0.3 is 0 Å². The zero-order chi connectivity index (χ0) is 23.0. The van der Waals surface area contributed by atoms with Crippen LogP contribution in [-0.4, -0.2) is 42.1 Å². The Morgan fingerprint density at radius 3 is 2.91 bits per heavy atom. The number of hydrogen-bond donors (Lipinski definition) is 1. The minimum atomic E-state index is 0.0386. The first-order chi connectivity index (χ1) is 16.1. The van der Waals surface area contributed by atoms with Gasteiger partial charge in [0.2, 0.25) is 5.91 Å². The number of methoxy groups -OCH3 is 1. The molecule has 1 aromatic heterocycles. The molecule has 1 aliphatic heterocycles. The van der Waals surface area contributed by atoms with Crippen molar-refractivity contribution in [3.8, 4) is 11.5 Å². The molecule has 7 heteroatoms. The van der Waals surface area contributed by atoms with Crippen LogP contribution < -0.4 is 14.8 Å². The van der Waals surface area contributed by atoms with Gasteiger partial charge in [0.15, 0.2) is 0 Å². The van der Waals surface area contributed by atoms with Gasteiger partial charge in [-0.3, -0.25) is 9.69 Å². The van der Waals surface area contributed by atoms with Crippen LogP contribution in [0.25, 0.3) is 0 Å². The summed E-state index contributed by atoms with van der Waals surface area (Å²) in [5, 5.41) is 6.11. The highest BCUT2D eigenvalue weighted by Gasteiger charge is 2.22. The Morgan fingerprint density at radius 2 is 2.12 bits per heavy atom. The summed E-state index contributed by atoms with van der Waals surface area (Å²) in [6.45, 7) is 4.81. The maximum Gasteiger partial charge on any atom is 0.221 e. The number of benzene rings is 2. The maximum atomic E-state index is 12.5. The Morgan fingerprint density at radius 1 is 1.27 bits per heavy atom. The summed E-state index contributed by atoms with van der Waals surface area (Å²) in [4.78, 5) is 19.5. The van der Waals surface area contributed by atoms with E-state index in [1.54, 1.807) is 18.4 Å². The monoisotopic (exact) mass is 465 g/mol. The molecular weight excluding hydrogens is 434 g/mol. The van der Waals surface area contributed by atoms with Gasteiger partial charge in [-0.05, 0) is 30.2 Å². The highest BCUT2D eigenvalue weighted by atomic mass is 32.1. The Balaban J connectivity index is 1.27. The summed E-state index contributed by atoms with van der Waals surface area (Å²) >= 11 is 1.64. The molecule has 0 bridgehead atoms. The molecule has 1 amide bonds. The second-order valence-electron chi connectivity index (χ2n) is 8.28. The van der Waals surface area contributed by atoms with Crippen LogP contribution in [0, 0.1) is 0 Å². The Kier molecular flexibility index (Phi) is 7.96. The first-order valence-electron chi connectivity index (χ1n) is 11.4. The quantitative estimate of drug-likeness (QED) is 0.507. The van der Waals surface area contributed by atoms with Crippen molar-refractivity contribution in [1.82, 2.24) is 15.2 Å². The normalized spacial score (nSPS) is 15.9. The van der Waals surface area contributed by atoms with Gasteiger partial charge in [-0.15, -0.1) is 11.3 Å². The van der Waals surface area contributed by atoms with E-state index in [1.807, 2.05) is 41.8 Å². The van der Waals surface area contributed by atoms with E-state index in [2.05, 4.69) is 34.3 Å². The second kappa shape index (κ2) is 11.3. The minimum absolute atomic E-state index is 0.0386. The fourth-order valence-electron chi connectivity index (χ4n) is 3.93. The Labute approximate surface area is 199 Å². The van der Waals surface area contributed by atoms with Crippen molar-refractivity contribution in [1.29, 1.82) is 0 Å². The molecule has 2 heterocycles. The van der Waals surface area contributed by atoms with Crippen molar-refractivity contribution in [2.24, 2.45) is 0 Å². The molecule has 6 nitrogen and oxygen atoms in total. The number of carbonyl (C=O) groups excluding carboxylic acids is 1. The molecule has 33 heavy (non-hydrogen) atoms. The average Bonchev–Trinajstić information content (AvgIpc) is 3.20. The van der Waals surface area contributed by atoms with E-state index in [-0.39, 0.29) is 12.0 Å². The fraction of sp³-hybridized carbons (Fsp3) is 0.385. The number of amides is 1. The van der Waals surface area contributed by atoms with Crippen molar-refractivity contribution in [2.75, 3.05) is 20.2 Å². The lowest BCUT2D eigenvalue weighted by atomic mass is 10.1. The molecule has 3 aromatic rings. The topological polar surface area (TPSA) is 63.7 Å². The van der Waals surface area contributed by atoms with E-state index in [9.17, 15) is 4.79 Å². The van der Waals surface area contributed by atoms with Gasteiger partial charge in [0.05, 0.1) is 24.4 Å². The number of thiazole rings is 1. The lowest BCUT2D eigenvalue weighted by Gasteiger charge is -2.22. The first kappa shape index (κ1) is 23.3. The molecule has 0 spiro atoms. The van der Waals surface area contributed by atoms with Crippen LogP contribution in [-0.2, 0) is 24.3 Å². The van der Waals surface area contributed by atoms with E-state index in [0.29, 0.717) is 19.5 Å². The number of rotatable bonds is 9. The summed E-state index contributed by atoms with van der Waals surface area (Å²) < 4.78 is 11.6. The highest BCUT2D eigenvalue weighted by molar-refractivity contribution is 7.09. The van der Waals surface area contributed by atoms with Crippen molar-refractivity contribution in [3.05, 3.63) is 75.7 Å². The highest BCUT2D eigenvalue weighted by Crippen LogP contribution is 2.29. The summed E-state index contributed by atoms with van der Waals surface area (Å²) in [6, 6.07) is 16.2.